The molecule has 2 rings (SSSR count). The van der Waals surface area contributed by atoms with Crippen molar-refractivity contribution in [2.24, 2.45) is 0 Å². The van der Waals surface area contributed by atoms with Crippen LogP contribution in [0, 0.1) is 0 Å². The predicted molar refractivity (Wildman–Crippen MR) is 68.9 cm³/mol. The number of hydrogen-bond donors (Lipinski definition) is 1. The number of nitrogens with zero attached hydrogens (tertiary/aromatic N) is 1. The van der Waals surface area contributed by atoms with Crippen LogP contribution in [0.25, 0.3) is 0 Å². The van der Waals surface area contributed by atoms with Gasteiger partial charge >= 0.3 is 0 Å². The number of aromatic nitrogens is 1. The maximum absolute atomic E-state index is 5.63. The minimum absolute atomic E-state index is 0.595. The molecule has 3 nitrogen and oxygen atoms in total. The first kappa shape index (κ1) is 11.5. The molecule has 0 unspecified atom stereocenters. The first-order chi connectivity index (χ1) is 8.34. The van der Waals surface area contributed by atoms with E-state index >= 15 is 0 Å². The molecule has 0 aliphatic heterocycles. The Morgan fingerprint density at radius 2 is 1.94 bits per heavy atom. The number of ether oxygens (including phenoxy) is 1. The quantitative estimate of drug-likeness (QED) is 0.800. The predicted octanol–water partition coefficient (Wildman–Crippen LogP) is 2.68. The van der Waals surface area contributed by atoms with Crippen LogP contribution < -0.4 is 10.5 Å². The van der Waals surface area contributed by atoms with Crippen LogP contribution >= 0.6 is 0 Å². The largest absolute Gasteiger partial charge is 0.478 e. The van der Waals surface area contributed by atoms with Gasteiger partial charge in [0.05, 0.1) is 6.61 Å². The Balaban J connectivity index is 1.73. The third-order valence-corrected chi connectivity index (χ3v) is 2.46. The Hall–Kier alpha value is -2.03. The monoisotopic (exact) mass is 228 g/mol. The van der Waals surface area contributed by atoms with Gasteiger partial charge in [-0.15, -0.1) is 0 Å². The van der Waals surface area contributed by atoms with Gasteiger partial charge in [0.1, 0.15) is 0 Å². The lowest BCUT2D eigenvalue weighted by Gasteiger charge is -2.05. The normalized spacial score (nSPS) is 10.1. The smallest absolute Gasteiger partial charge is 0.215 e. The summed E-state index contributed by atoms with van der Waals surface area (Å²) in [7, 11) is 0. The molecule has 0 bridgehead atoms. The van der Waals surface area contributed by atoms with Gasteiger partial charge in [-0.05, 0) is 24.5 Å². The Morgan fingerprint density at radius 3 is 2.71 bits per heavy atom. The second-order valence-corrected chi connectivity index (χ2v) is 3.87. The number of anilines is 1. The topological polar surface area (TPSA) is 48.1 Å². The van der Waals surface area contributed by atoms with Crippen molar-refractivity contribution < 1.29 is 4.74 Å². The number of pyridine rings is 1. The highest BCUT2D eigenvalue weighted by molar-refractivity contribution is 5.39. The molecule has 3 heteroatoms. The molecule has 0 radical (unpaired) electrons. The van der Waals surface area contributed by atoms with Crippen LogP contribution in [0.3, 0.4) is 0 Å². The summed E-state index contributed by atoms with van der Waals surface area (Å²) in [6, 6.07) is 13.9. The van der Waals surface area contributed by atoms with E-state index in [0.717, 1.165) is 12.8 Å². The molecule has 2 aromatic rings. The summed E-state index contributed by atoms with van der Waals surface area (Å²) in [5.74, 6) is 0.595. The van der Waals surface area contributed by atoms with Gasteiger partial charge in [0, 0.05) is 18.0 Å². The van der Waals surface area contributed by atoms with E-state index in [1.807, 2.05) is 6.07 Å². The molecule has 88 valence electrons. The fourth-order valence-electron chi connectivity index (χ4n) is 1.60. The summed E-state index contributed by atoms with van der Waals surface area (Å²) in [5.41, 5.74) is 7.64. The summed E-state index contributed by atoms with van der Waals surface area (Å²) in [4.78, 5) is 4.08. The van der Waals surface area contributed by atoms with Gasteiger partial charge in [-0.2, -0.15) is 0 Å². The summed E-state index contributed by atoms with van der Waals surface area (Å²) in [6.07, 6.45) is 3.64. The van der Waals surface area contributed by atoms with E-state index in [2.05, 4.69) is 29.2 Å². The number of hydrogen-bond acceptors (Lipinski definition) is 3. The van der Waals surface area contributed by atoms with E-state index < -0.39 is 0 Å². The van der Waals surface area contributed by atoms with E-state index in [4.69, 9.17) is 10.5 Å². The van der Waals surface area contributed by atoms with Gasteiger partial charge in [-0.25, -0.2) is 4.98 Å². The van der Waals surface area contributed by atoms with Crippen LogP contribution in [0.2, 0.25) is 0 Å². The minimum Gasteiger partial charge on any atom is -0.478 e. The Kier molecular flexibility index (Phi) is 3.97. The first-order valence-corrected chi connectivity index (χ1v) is 5.73. The van der Waals surface area contributed by atoms with Crippen molar-refractivity contribution >= 4 is 5.69 Å². The van der Waals surface area contributed by atoms with Gasteiger partial charge in [-0.1, -0.05) is 30.3 Å². The van der Waals surface area contributed by atoms with Gasteiger partial charge in [0.15, 0.2) is 0 Å². The van der Waals surface area contributed by atoms with Gasteiger partial charge in [0.2, 0.25) is 5.88 Å². The summed E-state index contributed by atoms with van der Waals surface area (Å²) < 4.78 is 5.52. The Labute approximate surface area is 101 Å². The first-order valence-electron chi connectivity index (χ1n) is 5.73. The number of nitrogens with two attached hydrogens (primary N) is 1. The lowest BCUT2D eigenvalue weighted by molar-refractivity contribution is 0.299. The van der Waals surface area contributed by atoms with Crippen LogP contribution in [0.15, 0.2) is 48.7 Å². The van der Waals surface area contributed by atoms with E-state index in [9.17, 15) is 0 Å². The molecule has 0 amide bonds. The van der Waals surface area contributed by atoms with E-state index in [1.54, 1.807) is 18.3 Å². The van der Waals surface area contributed by atoms with Crippen LogP contribution in [0.5, 0.6) is 5.88 Å². The lowest BCUT2D eigenvalue weighted by atomic mass is 10.1. The van der Waals surface area contributed by atoms with E-state index in [0.29, 0.717) is 18.2 Å². The Bertz CT molecular complexity index is 457. The fourth-order valence-corrected chi connectivity index (χ4v) is 1.60. The van der Waals surface area contributed by atoms with Crippen molar-refractivity contribution in [3.63, 3.8) is 0 Å². The summed E-state index contributed by atoms with van der Waals surface area (Å²) in [6.45, 7) is 0.658. The molecule has 0 aliphatic carbocycles. The van der Waals surface area contributed by atoms with E-state index in [-0.39, 0.29) is 0 Å². The lowest BCUT2D eigenvalue weighted by Crippen LogP contribution is -2.01. The minimum atomic E-state index is 0.595. The molecule has 17 heavy (non-hydrogen) atoms. The van der Waals surface area contributed by atoms with Crippen molar-refractivity contribution in [1.82, 2.24) is 4.98 Å². The fraction of sp³-hybridized carbons (Fsp3) is 0.214. The highest BCUT2D eigenvalue weighted by Crippen LogP contribution is 2.11. The standard InChI is InChI=1S/C14H16N2O/c15-13-8-9-16-14(11-13)17-10-4-7-12-5-2-1-3-6-12/h1-3,5-6,8-9,11H,4,7,10H2,(H2,15,16). The van der Waals surface area contributed by atoms with Crippen molar-refractivity contribution in [3.05, 3.63) is 54.2 Å². The number of aryl methyl sites for hydroxylation is 1. The maximum atomic E-state index is 5.63. The second kappa shape index (κ2) is 5.89. The highest BCUT2D eigenvalue weighted by Gasteiger charge is 1.96. The third kappa shape index (κ3) is 3.79. The molecule has 0 spiro atoms. The van der Waals surface area contributed by atoms with Gasteiger partial charge < -0.3 is 10.5 Å². The SMILES string of the molecule is Nc1ccnc(OCCCc2ccccc2)c1. The second-order valence-electron chi connectivity index (χ2n) is 3.87. The number of rotatable bonds is 5. The summed E-state index contributed by atoms with van der Waals surface area (Å²) >= 11 is 0. The zero-order chi connectivity index (χ0) is 11.9. The average Bonchev–Trinajstić information content (AvgIpc) is 2.36. The molecule has 0 aliphatic rings. The van der Waals surface area contributed by atoms with Gasteiger partial charge in [-0.3, -0.25) is 0 Å². The molecule has 1 aromatic carbocycles. The van der Waals surface area contributed by atoms with Crippen LogP contribution in [-0.2, 0) is 6.42 Å². The molecule has 0 fully saturated rings. The molecule has 2 N–H and O–H groups in total. The van der Waals surface area contributed by atoms with Crippen molar-refractivity contribution in [2.45, 2.75) is 12.8 Å². The van der Waals surface area contributed by atoms with Crippen LogP contribution in [-0.4, -0.2) is 11.6 Å². The molecule has 1 heterocycles. The molecular weight excluding hydrogens is 212 g/mol. The third-order valence-electron chi connectivity index (χ3n) is 2.46. The molecule has 0 atom stereocenters. The van der Waals surface area contributed by atoms with Crippen LogP contribution in [0.1, 0.15) is 12.0 Å². The average molecular weight is 228 g/mol. The highest BCUT2D eigenvalue weighted by atomic mass is 16.5. The summed E-state index contributed by atoms with van der Waals surface area (Å²) in [5, 5.41) is 0. The van der Waals surface area contributed by atoms with Crippen molar-refractivity contribution in [1.29, 1.82) is 0 Å². The molecule has 1 aromatic heterocycles. The van der Waals surface area contributed by atoms with E-state index in [1.165, 1.54) is 5.56 Å². The van der Waals surface area contributed by atoms with Crippen molar-refractivity contribution in [3.8, 4) is 5.88 Å². The number of benzene rings is 1. The van der Waals surface area contributed by atoms with Gasteiger partial charge in [0.25, 0.3) is 0 Å². The zero-order valence-corrected chi connectivity index (χ0v) is 9.67. The maximum Gasteiger partial charge on any atom is 0.215 e. The molecule has 0 saturated heterocycles. The number of nitrogen functional groups attached to an aromatic ring is 1. The Morgan fingerprint density at radius 1 is 1.12 bits per heavy atom. The van der Waals surface area contributed by atoms with Crippen LogP contribution in [0.4, 0.5) is 5.69 Å². The molecule has 0 saturated carbocycles. The zero-order valence-electron chi connectivity index (χ0n) is 9.67. The van der Waals surface area contributed by atoms with Crippen molar-refractivity contribution in [2.75, 3.05) is 12.3 Å². The molecular formula is C14H16N2O.